The third-order valence-corrected chi connectivity index (χ3v) is 3.06. The Morgan fingerprint density at radius 3 is 2.39 bits per heavy atom. The van der Waals surface area contributed by atoms with Gasteiger partial charge in [0.15, 0.2) is 0 Å². The van der Waals surface area contributed by atoms with Gasteiger partial charge in [-0.05, 0) is 42.8 Å². The fourth-order valence-electron chi connectivity index (χ4n) is 2.02. The van der Waals surface area contributed by atoms with Crippen LogP contribution in [-0.4, -0.2) is 17.8 Å². The molecule has 0 aliphatic heterocycles. The number of aliphatic hydroxyl groups is 1. The minimum Gasteiger partial charge on any atom is -0.457 e. The number of hydrogen-bond acceptors (Lipinski definition) is 3. The maximum Gasteiger partial charge on any atom is 0.416 e. The standard InChI is InChI=1S/C17H18F3NO2/c1-12(22)10-21-11-13-4-2-6-15(8-13)23-16-7-3-5-14(9-16)17(18,19)20/h2-9,12,21-22H,10-11H2,1H3/t12-/m1/s1. The van der Waals surface area contributed by atoms with Gasteiger partial charge in [-0.25, -0.2) is 0 Å². The topological polar surface area (TPSA) is 41.5 Å². The highest BCUT2D eigenvalue weighted by atomic mass is 19.4. The molecule has 2 aromatic carbocycles. The van der Waals surface area contributed by atoms with Crippen molar-refractivity contribution in [3.63, 3.8) is 0 Å². The molecule has 2 rings (SSSR count). The Balaban J connectivity index is 2.06. The molecule has 0 saturated heterocycles. The van der Waals surface area contributed by atoms with Crippen molar-refractivity contribution >= 4 is 0 Å². The van der Waals surface area contributed by atoms with Crippen LogP contribution in [0.4, 0.5) is 13.2 Å². The van der Waals surface area contributed by atoms with Crippen LogP contribution in [0.3, 0.4) is 0 Å². The van der Waals surface area contributed by atoms with Crippen molar-refractivity contribution in [1.82, 2.24) is 5.32 Å². The summed E-state index contributed by atoms with van der Waals surface area (Å²) in [7, 11) is 0. The smallest absolute Gasteiger partial charge is 0.416 e. The van der Waals surface area contributed by atoms with E-state index in [1.807, 2.05) is 6.07 Å². The fourth-order valence-corrected chi connectivity index (χ4v) is 2.02. The van der Waals surface area contributed by atoms with Crippen molar-refractivity contribution in [2.75, 3.05) is 6.54 Å². The zero-order valence-electron chi connectivity index (χ0n) is 12.6. The van der Waals surface area contributed by atoms with E-state index in [1.54, 1.807) is 25.1 Å². The lowest BCUT2D eigenvalue weighted by atomic mass is 10.2. The predicted molar refractivity (Wildman–Crippen MR) is 81.3 cm³/mol. The summed E-state index contributed by atoms with van der Waals surface area (Å²) in [5.41, 5.74) is 0.167. The molecule has 0 radical (unpaired) electrons. The molecule has 2 N–H and O–H groups in total. The second-order valence-corrected chi connectivity index (χ2v) is 5.25. The van der Waals surface area contributed by atoms with Gasteiger partial charge in [0.05, 0.1) is 11.7 Å². The number of alkyl halides is 3. The average Bonchev–Trinajstić information content (AvgIpc) is 2.47. The van der Waals surface area contributed by atoms with E-state index in [0.29, 0.717) is 18.8 Å². The van der Waals surface area contributed by atoms with E-state index in [9.17, 15) is 18.3 Å². The molecule has 0 aliphatic carbocycles. The van der Waals surface area contributed by atoms with Crippen molar-refractivity contribution in [3.8, 4) is 11.5 Å². The largest absolute Gasteiger partial charge is 0.457 e. The lowest BCUT2D eigenvalue weighted by Gasteiger charge is -2.11. The van der Waals surface area contributed by atoms with E-state index < -0.39 is 17.8 Å². The van der Waals surface area contributed by atoms with Gasteiger partial charge in [0.2, 0.25) is 0 Å². The number of hydrogen-bond donors (Lipinski definition) is 2. The molecular weight excluding hydrogens is 307 g/mol. The average molecular weight is 325 g/mol. The number of ether oxygens (including phenoxy) is 1. The highest BCUT2D eigenvalue weighted by Crippen LogP contribution is 2.32. The fraction of sp³-hybridized carbons (Fsp3) is 0.294. The second kappa shape index (κ2) is 7.48. The molecular formula is C17H18F3NO2. The van der Waals surface area contributed by atoms with Gasteiger partial charge in [-0.15, -0.1) is 0 Å². The first kappa shape index (κ1) is 17.3. The summed E-state index contributed by atoms with van der Waals surface area (Å²) in [5, 5.41) is 12.3. The number of benzene rings is 2. The summed E-state index contributed by atoms with van der Waals surface area (Å²) in [6.07, 6.45) is -4.84. The highest BCUT2D eigenvalue weighted by Gasteiger charge is 2.30. The SMILES string of the molecule is C[C@@H](O)CNCc1cccc(Oc2cccc(C(F)(F)F)c2)c1. The van der Waals surface area contributed by atoms with Crippen molar-refractivity contribution in [2.45, 2.75) is 25.7 Å². The van der Waals surface area contributed by atoms with Crippen LogP contribution in [0.1, 0.15) is 18.1 Å². The Kier molecular flexibility index (Phi) is 5.63. The van der Waals surface area contributed by atoms with Gasteiger partial charge in [-0.3, -0.25) is 0 Å². The van der Waals surface area contributed by atoms with Gasteiger partial charge in [0.25, 0.3) is 0 Å². The molecule has 23 heavy (non-hydrogen) atoms. The molecule has 0 heterocycles. The van der Waals surface area contributed by atoms with Crippen LogP contribution >= 0.6 is 0 Å². The first-order chi connectivity index (χ1) is 10.8. The number of rotatable bonds is 6. The lowest BCUT2D eigenvalue weighted by Crippen LogP contribution is -2.23. The summed E-state index contributed by atoms with van der Waals surface area (Å²) in [6, 6.07) is 11.8. The monoisotopic (exact) mass is 325 g/mol. The molecule has 0 saturated carbocycles. The summed E-state index contributed by atoms with van der Waals surface area (Å²) in [6.45, 7) is 2.67. The third-order valence-electron chi connectivity index (χ3n) is 3.06. The molecule has 0 aromatic heterocycles. The van der Waals surface area contributed by atoms with E-state index in [-0.39, 0.29) is 5.75 Å². The van der Waals surface area contributed by atoms with Crippen molar-refractivity contribution < 1.29 is 23.0 Å². The molecule has 3 nitrogen and oxygen atoms in total. The lowest BCUT2D eigenvalue weighted by molar-refractivity contribution is -0.137. The maximum absolute atomic E-state index is 12.7. The Morgan fingerprint density at radius 2 is 1.74 bits per heavy atom. The summed E-state index contributed by atoms with van der Waals surface area (Å²) in [4.78, 5) is 0. The van der Waals surface area contributed by atoms with Gasteiger partial charge in [0, 0.05) is 13.1 Å². The van der Waals surface area contributed by atoms with Crippen LogP contribution in [0.15, 0.2) is 48.5 Å². The Labute approximate surface area is 132 Å². The zero-order chi connectivity index (χ0) is 16.9. The quantitative estimate of drug-likeness (QED) is 0.844. The third kappa shape index (κ3) is 5.58. The van der Waals surface area contributed by atoms with Gasteiger partial charge in [-0.1, -0.05) is 18.2 Å². The van der Waals surface area contributed by atoms with Gasteiger partial charge >= 0.3 is 6.18 Å². The summed E-state index contributed by atoms with van der Waals surface area (Å²) in [5.74, 6) is 0.592. The number of aliphatic hydroxyl groups excluding tert-OH is 1. The molecule has 1 atom stereocenters. The molecule has 124 valence electrons. The van der Waals surface area contributed by atoms with E-state index in [2.05, 4.69) is 5.32 Å². The van der Waals surface area contributed by atoms with E-state index >= 15 is 0 Å². The van der Waals surface area contributed by atoms with E-state index in [0.717, 1.165) is 17.7 Å². The molecule has 0 spiro atoms. The Hall–Kier alpha value is -2.05. The van der Waals surface area contributed by atoms with E-state index in [4.69, 9.17) is 4.74 Å². The van der Waals surface area contributed by atoms with E-state index in [1.165, 1.54) is 12.1 Å². The van der Waals surface area contributed by atoms with Crippen molar-refractivity contribution in [1.29, 1.82) is 0 Å². The van der Waals surface area contributed by atoms with Crippen LogP contribution in [0.5, 0.6) is 11.5 Å². The Morgan fingerprint density at radius 1 is 1.09 bits per heavy atom. The minimum absolute atomic E-state index is 0.133. The first-order valence-electron chi connectivity index (χ1n) is 7.17. The molecule has 0 aliphatic rings. The van der Waals surface area contributed by atoms with Gasteiger partial charge in [0.1, 0.15) is 11.5 Å². The summed E-state index contributed by atoms with van der Waals surface area (Å²) < 4.78 is 43.6. The van der Waals surface area contributed by atoms with Crippen LogP contribution in [0, 0.1) is 0 Å². The number of halogens is 3. The number of nitrogens with one attached hydrogen (secondary N) is 1. The first-order valence-corrected chi connectivity index (χ1v) is 7.17. The molecule has 0 bridgehead atoms. The molecule has 2 aromatic rings. The van der Waals surface area contributed by atoms with Crippen LogP contribution < -0.4 is 10.1 Å². The Bertz CT molecular complexity index is 642. The zero-order valence-corrected chi connectivity index (χ0v) is 12.6. The molecule has 6 heteroatoms. The van der Waals surface area contributed by atoms with Gasteiger partial charge in [-0.2, -0.15) is 13.2 Å². The van der Waals surface area contributed by atoms with Crippen molar-refractivity contribution in [2.24, 2.45) is 0 Å². The second-order valence-electron chi connectivity index (χ2n) is 5.25. The van der Waals surface area contributed by atoms with Gasteiger partial charge < -0.3 is 15.2 Å². The van der Waals surface area contributed by atoms with Crippen LogP contribution in [0.2, 0.25) is 0 Å². The minimum atomic E-state index is -4.40. The predicted octanol–water partition coefficient (Wildman–Crippen LogP) is 3.97. The highest BCUT2D eigenvalue weighted by molar-refractivity contribution is 5.36. The normalized spacial score (nSPS) is 12.9. The molecule has 0 unspecified atom stereocenters. The summed E-state index contributed by atoms with van der Waals surface area (Å²) >= 11 is 0. The van der Waals surface area contributed by atoms with Crippen LogP contribution in [0.25, 0.3) is 0 Å². The maximum atomic E-state index is 12.7. The molecule has 0 amide bonds. The van der Waals surface area contributed by atoms with Crippen molar-refractivity contribution in [3.05, 3.63) is 59.7 Å². The van der Waals surface area contributed by atoms with Crippen LogP contribution in [-0.2, 0) is 12.7 Å². The molecule has 0 fully saturated rings.